The van der Waals surface area contributed by atoms with Crippen molar-refractivity contribution in [3.63, 3.8) is 0 Å². The highest BCUT2D eigenvalue weighted by molar-refractivity contribution is 5.79. The first-order valence-corrected chi connectivity index (χ1v) is 9.95. The van der Waals surface area contributed by atoms with Crippen LogP contribution < -0.4 is 4.57 Å². The predicted molar refractivity (Wildman–Crippen MR) is 118 cm³/mol. The maximum atomic E-state index is 2.39. The Labute approximate surface area is 168 Å². The Bertz CT molecular complexity index is 1160. The van der Waals surface area contributed by atoms with Gasteiger partial charge in [0.2, 0.25) is 0 Å². The Morgan fingerprint density at radius 1 is 0.821 bits per heavy atom. The van der Waals surface area contributed by atoms with E-state index in [4.69, 9.17) is 0 Å². The fourth-order valence-corrected chi connectivity index (χ4v) is 3.96. The van der Waals surface area contributed by atoms with Gasteiger partial charge in [-0.25, -0.2) is 4.57 Å². The molecule has 4 aromatic rings. The number of aryl methyl sites for hydroxylation is 3. The lowest BCUT2D eigenvalue weighted by Gasteiger charge is -2.18. The minimum absolute atomic E-state index is 0.151. The van der Waals surface area contributed by atoms with Crippen LogP contribution in [0.3, 0.4) is 0 Å². The van der Waals surface area contributed by atoms with Gasteiger partial charge in [0.05, 0.1) is 12.6 Å². The van der Waals surface area contributed by atoms with E-state index >= 15 is 0 Å². The van der Waals surface area contributed by atoms with E-state index in [-0.39, 0.29) is 5.41 Å². The molecule has 0 N–H and O–H groups in total. The van der Waals surface area contributed by atoms with Crippen molar-refractivity contribution < 1.29 is 4.57 Å². The van der Waals surface area contributed by atoms with Gasteiger partial charge in [-0.05, 0) is 60.7 Å². The molecule has 0 spiro atoms. The highest BCUT2D eigenvalue weighted by Gasteiger charge is 2.27. The number of hydrogen-bond acceptors (Lipinski definition) is 0. The van der Waals surface area contributed by atoms with Crippen LogP contribution in [0.5, 0.6) is 0 Å². The van der Waals surface area contributed by atoms with Crippen molar-refractivity contribution in [2.24, 2.45) is 7.05 Å². The number of benzene rings is 3. The van der Waals surface area contributed by atoms with E-state index < -0.39 is 0 Å². The van der Waals surface area contributed by atoms with Crippen LogP contribution >= 0.6 is 0 Å². The summed E-state index contributed by atoms with van der Waals surface area (Å²) >= 11 is 0. The minimum Gasteiger partial charge on any atom is -0.225 e. The summed E-state index contributed by atoms with van der Waals surface area (Å²) in [6.07, 6.45) is 0. The fourth-order valence-electron chi connectivity index (χ4n) is 3.96. The first-order valence-electron chi connectivity index (χ1n) is 9.95. The van der Waals surface area contributed by atoms with Crippen molar-refractivity contribution in [2.45, 2.75) is 40.0 Å². The first-order chi connectivity index (χ1) is 13.3. The number of hydrogen-bond donors (Lipinski definition) is 0. The zero-order chi connectivity index (χ0) is 20.1. The highest BCUT2D eigenvalue weighted by atomic mass is 15.2. The summed E-state index contributed by atoms with van der Waals surface area (Å²) in [7, 11) is 2.17. The van der Waals surface area contributed by atoms with Crippen LogP contribution in [-0.2, 0) is 12.5 Å². The van der Waals surface area contributed by atoms with E-state index in [2.05, 4.69) is 118 Å². The number of imidazole rings is 1. The van der Waals surface area contributed by atoms with Crippen LogP contribution in [-0.4, -0.2) is 4.57 Å². The van der Waals surface area contributed by atoms with Gasteiger partial charge in [0.25, 0.3) is 5.82 Å². The molecule has 2 nitrogen and oxygen atoms in total. The van der Waals surface area contributed by atoms with E-state index in [9.17, 15) is 0 Å². The molecule has 0 saturated carbocycles. The molecule has 3 aromatic carbocycles. The quantitative estimate of drug-likeness (QED) is 0.381. The van der Waals surface area contributed by atoms with Crippen LogP contribution in [0.25, 0.3) is 28.1 Å². The summed E-state index contributed by atoms with van der Waals surface area (Å²) in [5, 5.41) is 0. The van der Waals surface area contributed by atoms with Gasteiger partial charge in [-0.15, -0.1) is 0 Å². The lowest BCUT2D eigenvalue weighted by molar-refractivity contribution is -0.633. The lowest BCUT2D eigenvalue weighted by Crippen LogP contribution is -2.30. The molecule has 28 heavy (non-hydrogen) atoms. The maximum Gasteiger partial charge on any atom is 0.295 e. The normalized spacial score (nSPS) is 11.9. The Balaban J connectivity index is 2.04. The van der Waals surface area contributed by atoms with Gasteiger partial charge in [-0.2, -0.15) is 4.57 Å². The van der Waals surface area contributed by atoms with Gasteiger partial charge in [0.15, 0.2) is 11.0 Å². The molecule has 0 saturated heterocycles. The molecule has 4 rings (SSSR count). The molecular formula is C26H29N2+. The molecule has 2 heteroatoms. The molecule has 1 heterocycles. The van der Waals surface area contributed by atoms with E-state index in [0.29, 0.717) is 0 Å². The maximum absolute atomic E-state index is 2.39. The van der Waals surface area contributed by atoms with Crippen molar-refractivity contribution in [3.05, 3.63) is 83.4 Å². The smallest absolute Gasteiger partial charge is 0.225 e. The average Bonchev–Trinajstić information content (AvgIpc) is 2.96. The van der Waals surface area contributed by atoms with Crippen molar-refractivity contribution >= 4 is 11.0 Å². The standard InChI is InChI=1S/C26H29N2/c1-18-11-12-19(2)22(17-18)25-27(6)23-9-7-8-10-24(23)28(25)21-15-13-20(14-16-21)26(3,4)5/h7-17H,1-6H3/q+1. The van der Waals surface area contributed by atoms with Crippen molar-refractivity contribution in [1.82, 2.24) is 4.57 Å². The summed E-state index contributed by atoms with van der Waals surface area (Å²) in [4.78, 5) is 0. The van der Waals surface area contributed by atoms with Crippen LogP contribution in [0.2, 0.25) is 0 Å². The minimum atomic E-state index is 0.151. The molecule has 0 radical (unpaired) electrons. The highest BCUT2D eigenvalue weighted by Crippen LogP contribution is 2.31. The second-order valence-electron chi connectivity index (χ2n) is 8.82. The second kappa shape index (κ2) is 6.63. The summed E-state index contributed by atoms with van der Waals surface area (Å²) in [5.41, 5.74) is 9.00. The summed E-state index contributed by atoms with van der Waals surface area (Å²) < 4.78 is 4.71. The third-order valence-corrected chi connectivity index (χ3v) is 5.64. The van der Waals surface area contributed by atoms with Crippen molar-refractivity contribution in [1.29, 1.82) is 0 Å². The summed E-state index contributed by atoms with van der Waals surface area (Å²) in [6, 6.07) is 24.4. The molecule has 0 aliphatic heterocycles. The SMILES string of the molecule is Cc1ccc(C)c(-c2n(-c3ccc(C(C)(C)C)cc3)c3ccccc3[n+]2C)c1. The second-order valence-corrected chi connectivity index (χ2v) is 8.82. The third kappa shape index (κ3) is 3.03. The number of nitrogens with zero attached hydrogens (tertiary/aromatic N) is 2. The first kappa shape index (κ1) is 18.5. The Morgan fingerprint density at radius 2 is 1.50 bits per heavy atom. The van der Waals surface area contributed by atoms with Gasteiger partial charge >= 0.3 is 0 Å². The number of para-hydroxylation sites is 2. The van der Waals surface area contributed by atoms with E-state index in [0.717, 1.165) is 0 Å². The van der Waals surface area contributed by atoms with Gasteiger partial charge in [0.1, 0.15) is 5.69 Å². The number of rotatable bonds is 2. The molecule has 0 atom stereocenters. The topological polar surface area (TPSA) is 8.81 Å². The largest absolute Gasteiger partial charge is 0.295 e. The predicted octanol–water partition coefficient (Wildman–Crippen LogP) is 6.04. The molecule has 142 valence electrons. The van der Waals surface area contributed by atoms with Crippen molar-refractivity contribution in [3.8, 4) is 17.1 Å². The number of fused-ring (bicyclic) bond motifs is 1. The molecule has 1 aromatic heterocycles. The van der Waals surface area contributed by atoms with E-state index in [1.54, 1.807) is 0 Å². The Morgan fingerprint density at radius 3 is 2.18 bits per heavy atom. The van der Waals surface area contributed by atoms with Crippen molar-refractivity contribution in [2.75, 3.05) is 0 Å². The van der Waals surface area contributed by atoms with E-state index in [1.165, 1.54) is 44.8 Å². The summed E-state index contributed by atoms with van der Waals surface area (Å²) in [6.45, 7) is 11.1. The van der Waals surface area contributed by atoms with Gasteiger partial charge < -0.3 is 0 Å². The monoisotopic (exact) mass is 369 g/mol. The molecular weight excluding hydrogens is 340 g/mol. The van der Waals surface area contributed by atoms with Crippen LogP contribution in [0.1, 0.15) is 37.5 Å². The van der Waals surface area contributed by atoms with Crippen LogP contribution in [0.4, 0.5) is 0 Å². The Hall–Kier alpha value is -2.87. The van der Waals surface area contributed by atoms with E-state index in [1.807, 2.05) is 0 Å². The molecule has 0 amide bonds. The van der Waals surface area contributed by atoms with Crippen LogP contribution in [0, 0.1) is 13.8 Å². The van der Waals surface area contributed by atoms with Gasteiger partial charge in [0, 0.05) is 0 Å². The average molecular weight is 370 g/mol. The van der Waals surface area contributed by atoms with Gasteiger partial charge in [-0.3, -0.25) is 0 Å². The molecule has 0 aliphatic carbocycles. The fraction of sp³-hybridized carbons (Fsp3) is 0.269. The molecule has 0 unspecified atom stereocenters. The van der Waals surface area contributed by atoms with Crippen LogP contribution in [0.15, 0.2) is 66.7 Å². The number of aromatic nitrogens is 2. The summed E-state index contributed by atoms with van der Waals surface area (Å²) in [5.74, 6) is 1.21. The Kier molecular flexibility index (Phi) is 4.38. The zero-order valence-corrected chi connectivity index (χ0v) is 17.7. The zero-order valence-electron chi connectivity index (χ0n) is 17.7. The van der Waals surface area contributed by atoms with Gasteiger partial charge in [-0.1, -0.05) is 62.7 Å². The molecule has 0 fully saturated rings. The lowest BCUT2D eigenvalue weighted by atomic mass is 9.87. The molecule has 0 bridgehead atoms. The third-order valence-electron chi connectivity index (χ3n) is 5.64. The molecule has 0 aliphatic rings.